The number of hydrogen-bond donors (Lipinski definition) is 2. The Morgan fingerprint density at radius 1 is 1.04 bits per heavy atom. The maximum absolute atomic E-state index is 13.2. The number of amides is 1. The van der Waals surface area contributed by atoms with Crippen LogP contribution in [0.1, 0.15) is 18.5 Å². The van der Waals surface area contributed by atoms with Gasteiger partial charge >= 0.3 is 18.5 Å². The fourth-order valence-electron chi connectivity index (χ4n) is 4.31. The highest BCUT2D eigenvalue weighted by atomic mass is 35.5. The van der Waals surface area contributed by atoms with Crippen LogP contribution in [0.15, 0.2) is 78.0 Å². The number of anilines is 1. The van der Waals surface area contributed by atoms with Crippen LogP contribution < -0.4 is 25.2 Å². The lowest BCUT2D eigenvalue weighted by Crippen LogP contribution is -2.41. The largest absolute Gasteiger partial charge is 0.499 e. The zero-order chi connectivity index (χ0) is 37.1. The lowest BCUT2D eigenvalue weighted by Gasteiger charge is -2.21. The van der Waals surface area contributed by atoms with Crippen LogP contribution in [0.3, 0.4) is 0 Å². The molecule has 0 spiro atoms. The van der Waals surface area contributed by atoms with Crippen LogP contribution in [0.2, 0.25) is 5.02 Å². The highest BCUT2D eigenvalue weighted by Crippen LogP contribution is 2.38. The number of halogens is 9. The first-order valence-electron chi connectivity index (χ1n) is 14.3. The van der Waals surface area contributed by atoms with Crippen LogP contribution in [0.5, 0.6) is 11.5 Å². The first kappa shape index (κ1) is 37.7. The average molecular weight is 780 g/mol. The highest BCUT2D eigenvalue weighted by molar-refractivity contribution is 8.15. The van der Waals surface area contributed by atoms with Crippen LogP contribution in [0.4, 0.5) is 40.8 Å². The molecular formula is C30H22ClF8N7O3S2. The lowest BCUT2D eigenvalue weighted by molar-refractivity contribution is -0.360. The highest BCUT2D eigenvalue weighted by Gasteiger charge is 2.61. The van der Waals surface area contributed by atoms with E-state index in [1.807, 2.05) is 0 Å². The van der Waals surface area contributed by atoms with Crippen LogP contribution in [0.25, 0.3) is 17.1 Å². The summed E-state index contributed by atoms with van der Waals surface area (Å²) in [5.74, 6) is -1.15. The number of nitrogens with one attached hydrogen (secondary N) is 2. The SMILES string of the molecule is CC(NNC(=S)/N=C1\SCC(=O)N1c1cc(Cl)ccc1OCC(F)(F)F)c1ccc(-c2ncn(-c3ccc(OC(F)(F)C(F)(F)F)cc3)n2)cc1. The van der Waals surface area contributed by atoms with Crippen molar-refractivity contribution in [2.75, 3.05) is 17.3 Å². The van der Waals surface area contributed by atoms with Gasteiger partial charge in [-0.1, -0.05) is 47.6 Å². The van der Waals surface area contributed by atoms with Crippen LogP contribution in [-0.2, 0) is 4.79 Å². The summed E-state index contributed by atoms with van der Waals surface area (Å²) in [6.07, 6.45) is -14.5. The number of thioether (sulfide) groups is 1. The second-order valence-electron chi connectivity index (χ2n) is 10.5. The molecule has 51 heavy (non-hydrogen) atoms. The molecule has 2 heterocycles. The Kier molecular flexibility index (Phi) is 11.1. The van der Waals surface area contributed by atoms with E-state index in [-0.39, 0.29) is 38.5 Å². The van der Waals surface area contributed by atoms with Gasteiger partial charge < -0.3 is 9.47 Å². The fourth-order valence-corrected chi connectivity index (χ4v) is 5.55. The molecule has 0 aliphatic carbocycles. The zero-order valence-corrected chi connectivity index (χ0v) is 28.0. The van der Waals surface area contributed by atoms with Crippen molar-refractivity contribution >= 4 is 57.5 Å². The monoisotopic (exact) mass is 779 g/mol. The minimum Gasteiger partial charge on any atom is -0.482 e. The molecule has 0 bridgehead atoms. The average Bonchev–Trinajstić information content (AvgIpc) is 3.69. The molecule has 1 fully saturated rings. The maximum Gasteiger partial charge on any atom is 0.499 e. The topological polar surface area (TPSA) is 106 Å². The number of hydrazine groups is 1. The third-order valence-corrected chi connectivity index (χ3v) is 8.10. The Labute approximate surface area is 297 Å². The van der Waals surface area contributed by atoms with Gasteiger partial charge in [-0.25, -0.2) is 15.1 Å². The van der Waals surface area contributed by atoms with E-state index in [1.54, 1.807) is 31.2 Å². The predicted octanol–water partition coefficient (Wildman–Crippen LogP) is 7.64. The molecule has 1 aliphatic heterocycles. The van der Waals surface area contributed by atoms with E-state index in [4.69, 9.17) is 28.6 Å². The number of amidine groups is 1. The third-order valence-electron chi connectivity index (χ3n) is 6.75. The van der Waals surface area contributed by atoms with Gasteiger partial charge in [0.05, 0.1) is 17.1 Å². The first-order chi connectivity index (χ1) is 23.9. The summed E-state index contributed by atoms with van der Waals surface area (Å²) in [5, 5.41) is 4.49. The summed E-state index contributed by atoms with van der Waals surface area (Å²) in [6.45, 7) is 0.224. The molecule has 1 amide bonds. The summed E-state index contributed by atoms with van der Waals surface area (Å²) in [7, 11) is 0. The van der Waals surface area contributed by atoms with E-state index in [1.165, 1.54) is 41.3 Å². The number of thiocarbonyl (C=S) groups is 1. The lowest BCUT2D eigenvalue weighted by atomic mass is 10.1. The molecule has 1 unspecified atom stereocenters. The number of ether oxygens (including phenoxy) is 2. The number of nitrogens with zero attached hydrogens (tertiary/aromatic N) is 5. The Morgan fingerprint density at radius 3 is 2.37 bits per heavy atom. The van der Waals surface area contributed by atoms with Gasteiger partial charge in [0.1, 0.15) is 17.8 Å². The van der Waals surface area contributed by atoms with Crippen LogP contribution in [-0.4, -0.2) is 61.8 Å². The Morgan fingerprint density at radius 2 is 1.73 bits per heavy atom. The summed E-state index contributed by atoms with van der Waals surface area (Å²) in [5.41, 5.74) is 7.41. The molecule has 270 valence electrons. The molecule has 0 radical (unpaired) electrons. The standard InChI is InChI=1S/C30H22ClF8N7O3S2/c1-16(42-43-26(50)41-27-46(24(47)13-51-27)22-12-19(31)6-11-23(22)48-14-28(32,33)34)17-2-4-18(5-3-17)25-40-15-45(44-25)20-7-9-21(10-8-20)49-30(38,39)29(35,36)37/h2-12,15-16,42H,13-14H2,1H3,(H,43,50)/b41-27-. The van der Waals surface area contributed by atoms with Crippen molar-refractivity contribution in [3.63, 3.8) is 0 Å². The molecule has 3 aromatic carbocycles. The number of benzene rings is 3. The maximum atomic E-state index is 13.2. The molecule has 0 saturated carbocycles. The molecule has 1 saturated heterocycles. The molecule has 10 nitrogen and oxygen atoms in total. The smallest absolute Gasteiger partial charge is 0.482 e. The van der Waals surface area contributed by atoms with Gasteiger partial charge in [0.2, 0.25) is 11.0 Å². The van der Waals surface area contributed by atoms with E-state index in [2.05, 4.69) is 30.7 Å². The summed E-state index contributed by atoms with van der Waals surface area (Å²) in [4.78, 5) is 22.3. The third kappa shape index (κ3) is 9.43. The van der Waals surface area contributed by atoms with E-state index >= 15 is 0 Å². The van der Waals surface area contributed by atoms with Crippen molar-refractivity contribution in [2.45, 2.75) is 31.4 Å². The number of carbonyl (C=O) groups is 1. The number of rotatable bonds is 10. The van der Waals surface area contributed by atoms with Crippen molar-refractivity contribution in [3.8, 4) is 28.6 Å². The predicted molar refractivity (Wildman–Crippen MR) is 176 cm³/mol. The fraction of sp³-hybridized carbons (Fsp3) is 0.233. The molecular weight excluding hydrogens is 758 g/mol. The van der Waals surface area contributed by atoms with Crippen molar-refractivity contribution in [3.05, 3.63) is 83.6 Å². The number of aliphatic imine (C=N–C) groups is 1. The second kappa shape index (κ2) is 15.0. The Bertz CT molecular complexity index is 1920. The number of hydrogen-bond acceptors (Lipinski definition) is 8. The quantitative estimate of drug-likeness (QED) is 0.0955. The van der Waals surface area contributed by atoms with Crippen molar-refractivity contribution in [1.82, 2.24) is 25.6 Å². The number of carbonyl (C=O) groups excluding carboxylic acids is 1. The van der Waals surface area contributed by atoms with Gasteiger partial charge in [0.25, 0.3) is 0 Å². The van der Waals surface area contributed by atoms with Crippen LogP contribution in [0, 0.1) is 0 Å². The minimum absolute atomic E-state index is 0.0243. The van der Waals surface area contributed by atoms with Gasteiger partial charge in [-0.15, -0.1) is 5.10 Å². The molecule has 1 aliphatic rings. The van der Waals surface area contributed by atoms with E-state index in [0.29, 0.717) is 17.1 Å². The van der Waals surface area contributed by atoms with Crippen LogP contribution >= 0.6 is 35.6 Å². The van der Waals surface area contributed by atoms with Crippen molar-refractivity contribution in [2.24, 2.45) is 4.99 Å². The zero-order valence-electron chi connectivity index (χ0n) is 25.6. The van der Waals surface area contributed by atoms with Gasteiger partial charge in [0, 0.05) is 16.6 Å². The molecule has 2 N–H and O–H groups in total. The van der Waals surface area contributed by atoms with E-state index in [0.717, 1.165) is 34.4 Å². The summed E-state index contributed by atoms with van der Waals surface area (Å²) in [6, 6.07) is 14.8. The van der Waals surface area contributed by atoms with Gasteiger partial charge in [-0.3, -0.25) is 15.1 Å². The summed E-state index contributed by atoms with van der Waals surface area (Å²) < 4.78 is 112. The van der Waals surface area contributed by atoms with Crippen molar-refractivity contribution in [1.29, 1.82) is 0 Å². The molecule has 4 aromatic rings. The summed E-state index contributed by atoms with van der Waals surface area (Å²) >= 11 is 12.4. The van der Waals surface area contributed by atoms with Crippen molar-refractivity contribution < 1.29 is 49.4 Å². The Hall–Kier alpha value is -4.53. The number of aromatic nitrogens is 3. The normalized spacial score (nSPS) is 15.3. The van der Waals surface area contributed by atoms with E-state index in [9.17, 15) is 39.9 Å². The molecule has 1 atom stereocenters. The Balaban J connectivity index is 1.20. The van der Waals surface area contributed by atoms with Gasteiger partial charge in [-0.05, 0) is 67.2 Å². The van der Waals surface area contributed by atoms with Gasteiger partial charge in [0.15, 0.2) is 17.6 Å². The minimum atomic E-state index is -5.87. The molecule has 21 heteroatoms. The number of alkyl halides is 8. The molecule has 1 aromatic heterocycles. The second-order valence-corrected chi connectivity index (χ2v) is 12.2. The van der Waals surface area contributed by atoms with E-state index < -0.39 is 36.7 Å². The first-order valence-corrected chi connectivity index (χ1v) is 16.0. The molecule has 5 rings (SSSR count). The van der Waals surface area contributed by atoms with Gasteiger partial charge in [-0.2, -0.15) is 40.1 Å².